The van der Waals surface area contributed by atoms with Gasteiger partial charge in [0.25, 0.3) is 0 Å². The zero-order valence-corrected chi connectivity index (χ0v) is 7.51. The van der Waals surface area contributed by atoms with Crippen molar-refractivity contribution in [2.75, 3.05) is 5.75 Å². The van der Waals surface area contributed by atoms with Crippen LogP contribution in [0.3, 0.4) is 0 Å². The van der Waals surface area contributed by atoms with Crippen LogP contribution in [0.2, 0.25) is 0 Å². The van der Waals surface area contributed by atoms with Gasteiger partial charge < -0.3 is 0 Å². The van der Waals surface area contributed by atoms with E-state index < -0.39 is 0 Å². The van der Waals surface area contributed by atoms with Crippen molar-refractivity contribution in [2.45, 2.75) is 4.90 Å². The second-order valence-electron chi connectivity index (χ2n) is 2.24. The summed E-state index contributed by atoms with van der Waals surface area (Å²) in [7, 11) is 0. The molecule has 0 bridgehead atoms. The van der Waals surface area contributed by atoms with Crippen molar-refractivity contribution >= 4 is 11.8 Å². The van der Waals surface area contributed by atoms with Crippen LogP contribution in [0.4, 0.5) is 0 Å². The highest BCUT2D eigenvalue weighted by atomic mass is 32.2. The molecule has 0 aliphatic carbocycles. The Hall–Kier alpha value is -1.02. The van der Waals surface area contributed by atoms with E-state index in [1.54, 1.807) is 18.2 Å². The summed E-state index contributed by atoms with van der Waals surface area (Å²) in [5.74, 6) is 0.777. The van der Waals surface area contributed by atoms with Gasteiger partial charge in [-0.3, -0.25) is 4.79 Å². The van der Waals surface area contributed by atoms with Crippen molar-refractivity contribution in [2.24, 2.45) is 0 Å². The molecular formula is C10H10OS. The minimum Gasteiger partial charge on any atom is -0.289 e. The molecule has 0 saturated heterocycles. The first-order valence-electron chi connectivity index (χ1n) is 3.67. The lowest BCUT2D eigenvalue weighted by Gasteiger charge is -1.90. The molecule has 0 aliphatic heterocycles. The zero-order valence-electron chi connectivity index (χ0n) is 6.69. The topological polar surface area (TPSA) is 17.1 Å². The largest absolute Gasteiger partial charge is 0.289 e. The maximum Gasteiger partial charge on any atom is 0.192 e. The van der Waals surface area contributed by atoms with Gasteiger partial charge in [0.2, 0.25) is 0 Å². The van der Waals surface area contributed by atoms with E-state index in [-0.39, 0.29) is 5.43 Å². The van der Waals surface area contributed by atoms with Gasteiger partial charge in [-0.2, -0.15) is 0 Å². The summed E-state index contributed by atoms with van der Waals surface area (Å²) in [6, 6.07) is 8.87. The molecule has 1 aromatic rings. The van der Waals surface area contributed by atoms with Crippen LogP contribution in [-0.4, -0.2) is 5.75 Å². The molecule has 2 heteroatoms. The number of rotatable bonds is 3. The Kier molecular flexibility index (Phi) is 3.61. The van der Waals surface area contributed by atoms with Gasteiger partial charge >= 0.3 is 0 Å². The lowest BCUT2D eigenvalue weighted by atomic mass is 10.5. The van der Waals surface area contributed by atoms with Crippen LogP contribution in [0.1, 0.15) is 0 Å². The smallest absolute Gasteiger partial charge is 0.192 e. The highest BCUT2D eigenvalue weighted by Crippen LogP contribution is 2.11. The van der Waals surface area contributed by atoms with Gasteiger partial charge in [-0.05, 0) is 12.1 Å². The van der Waals surface area contributed by atoms with Gasteiger partial charge in [-0.15, -0.1) is 18.3 Å². The second kappa shape index (κ2) is 4.78. The van der Waals surface area contributed by atoms with Gasteiger partial charge in [0.15, 0.2) is 5.43 Å². The third-order valence-electron chi connectivity index (χ3n) is 1.32. The van der Waals surface area contributed by atoms with Crippen molar-refractivity contribution < 1.29 is 0 Å². The van der Waals surface area contributed by atoms with E-state index >= 15 is 0 Å². The number of hydrogen-bond acceptors (Lipinski definition) is 2. The minimum atomic E-state index is 0.0758. The van der Waals surface area contributed by atoms with Crippen molar-refractivity contribution in [3.8, 4) is 0 Å². The first-order valence-corrected chi connectivity index (χ1v) is 4.66. The molecule has 0 fully saturated rings. The SMILES string of the molecule is C=CCSc1cccccc1=O. The molecule has 1 aromatic carbocycles. The summed E-state index contributed by atoms with van der Waals surface area (Å²) in [4.78, 5) is 12.0. The Morgan fingerprint density at radius 3 is 2.83 bits per heavy atom. The molecular weight excluding hydrogens is 168 g/mol. The van der Waals surface area contributed by atoms with Crippen LogP contribution >= 0.6 is 11.8 Å². The summed E-state index contributed by atoms with van der Waals surface area (Å²) in [5, 5.41) is 0. The van der Waals surface area contributed by atoms with Crippen LogP contribution in [0.25, 0.3) is 0 Å². The van der Waals surface area contributed by atoms with E-state index in [2.05, 4.69) is 6.58 Å². The van der Waals surface area contributed by atoms with E-state index in [1.807, 2.05) is 18.2 Å². The molecule has 0 aromatic heterocycles. The second-order valence-corrected chi connectivity index (χ2v) is 3.30. The number of thioether (sulfide) groups is 1. The molecule has 0 N–H and O–H groups in total. The first-order chi connectivity index (χ1) is 5.84. The summed E-state index contributed by atoms with van der Waals surface area (Å²) in [6.45, 7) is 3.60. The fraction of sp³-hybridized carbons (Fsp3) is 0.100. The summed E-state index contributed by atoms with van der Waals surface area (Å²) in [5.41, 5.74) is 0.0758. The Labute approximate surface area is 76.1 Å². The molecule has 1 nitrogen and oxygen atoms in total. The molecule has 0 radical (unpaired) electrons. The van der Waals surface area contributed by atoms with E-state index in [0.29, 0.717) is 0 Å². The van der Waals surface area contributed by atoms with E-state index in [4.69, 9.17) is 0 Å². The average molecular weight is 178 g/mol. The van der Waals surface area contributed by atoms with Gasteiger partial charge in [0.1, 0.15) is 0 Å². The predicted molar refractivity (Wildman–Crippen MR) is 53.6 cm³/mol. The monoisotopic (exact) mass is 178 g/mol. The Balaban J connectivity index is 2.93. The minimum absolute atomic E-state index is 0.0758. The quantitative estimate of drug-likeness (QED) is 0.522. The standard InChI is InChI=1S/C10H10OS/c1-2-8-12-10-7-5-3-4-6-9(10)11/h2-7H,1,8H2. The summed E-state index contributed by atoms with van der Waals surface area (Å²) >= 11 is 1.51. The molecule has 0 spiro atoms. The fourth-order valence-electron chi connectivity index (χ4n) is 0.782. The van der Waals surface area contributed by atoms with E-state index in [1.165, 1.54) is 11.8 Å². The summed E-state index contributed by atoms with van der Waals surface area (Å²) < 4.78 is 0. The Morgan fingerprint density at radius 1 is 1.33 bits per heavy atom. The number of hydrogen-bond donors (Lipinski definition) is 0. The van der Waals surface area contributed by atoms with Crippen LogP contribution < -0.4 is 5.43 Å². The first kappa shape index (κ1) is 9.07. The normalized spacial score (nSPS) is 9.33. The third kappa shape index (κ3) is 2.55. The van der Waals surface area contributed by atoms with Crippen molar-refractivity contribution in [3.05, 3.63) is 53.2 Å². The lowest BCUT2D eigenvalue weighted by Crippen LogP contribution is -1.96. The van der Waals surface area contributed by atoms with Gasteiger partial charge in [-0.1, -0.05) is 24.3 Å². The van der Waals surface area contributed by atoms with Gasteiger partial charge in [-0.25, -0.2) is 0 Å². The maximum atomic E-state index is 11.3. The van der Waals surface area contributed by atoms with Crippen molar-refractivity contribution in [1.29, 1.82) is 0 Å². The van der Waals surface area contributed by atoms with Crippen molar-refractivity contribution in [3.63, 3.8) is 0 Å². The van der Waals surface area contributed by atoms with Crippen LogP contribution in [0.15, 0.2) is 52.7 Å². The third-order valence-corrected chi connectivity index (χ3v) is 2.37. The highest BCUT2D eigenvalue weighted by Gasteiger charge is 1.93. The average Bonchev–Trinajstić information content (AvgIpc) is 2.27. The summed E-state index contributed by atoms with van der Waals surface area (Å²) in [6.07, 6.45) is 1.79. The Bertz CT molecular complexity index is 320. The highest BCUT2D eigenvalue weighted by molar-refractivity contribution is 7.99. The molecule has 0 aliphatic rings. The maximum absolute atomic E-state index is 11.3. The van der Waals surface area contributed by atoms with E-state index in [0.717, 1.165) is 10.6 Å². The van der Waals surface area contributed by atoms with Crippen LogP contribution in [-0.2, 0) is 0 Å². The predicted octanol–water partition coefficient (Wildman–Crippen LogP) is 2.32. The van der Waals surface area contributed by atoms with E-state index in [9.17, 15) is 4.79 Å². The molecule has 1 rings (SSSR count). The van der Waals surface area contributed by atoms with Crippen LogP contribution in [0, 0.1) is 0 Å². The molecule has 62 valence electrons. The van der Waals surface area contributed by atoms with Gasteiger partial charge in [0.05, 0.1) is 4.90 Å². The molecule has 0 atom stereocenters. The molecule has 12 heavy (non-hydrogen) atoms. The van der Waals surface area contributed by atoms with Crippen LogP contribution in [0.5, 0.6) is 0 Å². The molecule has 0 amide bonds. The fourth-order valence-corrected chi connectivity index (χ4v) is 1.46. The lowest BCUT2D eigenvalue weighted by molar-refractivity contribution is 1.41. The van der Waals surface area contributed by atoms with Gasteiger partial charge in [0, 0.05) is 5.75 Å². The molecule has 0 unspecified atom stereocenters. The zero-order chi connectivity index (χ0) is 8.81. The van der Waals surface area contributed by atoms with Crippen molar-refractivity contribution in [1.82, 2.24) is 0 Å². The molecule has 0 saturated carbocycles. The Morgan fingerprint density at radius 2 is 2.08 bits per heavy atom. The molecule has 0 heterocycles.